The molecule has 0 aromatic heterocycles. The average molecular weight is 477 g/mol. The van der Waals surface area contributed by atoms with Crippen LogP contribution in [0.3, 0.4) is 0 Å². The molecule has 0 bridgehead atoms. The first kappa shape index (κ1) is 23.8. The molecule has 1 N–H and O–H groups in total. The van der Waals surface area contributed by atoms with Gasteiger partial charge in [-0.2, -0.15) is 0 Å². The zero-order chi connectivity index (χ0) is 24.1. The number of fused-ring (bicyclic) bond motifs is 1. The molecular weight excluding hydrogens is 444 g/mol. The molecule has 1 aliphatic heterocycles. The van der Waals surface area contributed by atoms with Gasteiger partial charge in [0.1, 0.15) is 30.0 Å². The minimum absolute atomic E-state index is 0.0166. The van der Waals surface area contributed by atoms with Crippen LogP contribution in [0, 0.1) is 0 Å². The maximum absolute atomic E-state index is 8.97. The van der Waals surface area contributed by atoms with Crippen LogP contribution in [0.15, 0.2) is 67.2 Å². The van der Waals surface area contributed by atoms with Gasteiger partial charge in [-0.25, -0.2) is 9.78 Å². The van der Waals surface area contributed by atoms with Gasteiger partial charge >= 0.3 is 0 Å². The number of rotatable bonds is 7. The standard InChI is InChI=1S/C29H32O6/c1-21(28-20-32-29(35-34-28)14-4-2-3-5-15-29)22-6-10-25(11-7-22)33-27-13-9-23-8-12-26(31-17-16-30)18-24(23)19-27/h6-13,18-19,28,30H,1-5,14-17,20H2. The van der Waals surface area contributed by atoms with Crippen molar-refractivity contribution in [2.75, 3.05) is 19.8 Å². The molecule has 1 unspecified atom stereocenters. The van der Waals surface area contributed by atoms with Gasteiger partial charge in [-0.3, -0.25) is 0 Å². The van der Waals surface area contributed by atoms with Gasteiger partial charge in [-0.15, -0.1) is 0 Å². The molecule has 1 heterocycles. The van der Waals surface area contributed by atoms with Crippen LogP contribution < -0.4 is 9.47 Å². The van der Waals surface area contributed by atoms with Crippen LogP contribution >= 0.6 is 0 Å². The van der Waals surface area contributed by atoms with Crippen LogP contribution in [-0.4, -0.2) is 36.8 Å². The van der Waals surface area contributed by atoms with Crippen molar-refractivity contribution in [1.29, 1.82) is 0 Å². The molecule has 35 heavy (non-hydrogen) atoms. The van der Waals surface area contributed by atoms with Crippen molar-refractivity contribution in [3.63, 3.8) is 0 Å². The highest BCUT2D eigenvalue weighted by atomic mass is 17.2. The fraction of sp³-hybridized carbons (Fsp3) is 0.379. The lowest BCUT2D eigenvalue weighted by molar-refractivity contribution is -0.480. The van der Waals surface area contributed by atoms with Gasteiger partial charge in [0.15, 0.2) is 0 Å². The van der Waals surface area contributed by atoms with Crippen molar-refractivity contribution in [2.45, 2.75) is 50.4 Å². The Morgan fingerprint density at radius 3 is 2.26 bits per heavy atom. The van der Waals surface area contributed by atoms with Gasteiger partial charge in [-0.1, -0.05) is 43.7 Å². The molecule has 1 saturated carbocycles. The topological polar surface area (TPSA) is 66.4 Å². The molecule has 6 heteroatoms. The van der Waals surface area contributed by atoms with Gasteiger partial charge in [0, 0.05) is 12.8 Å². The van der Waals surface area contributed by atoms with Gasteiger partial charge < -0.3 is 19.3 Å². The molecule has 184 valence electrons. The first-order chi connectivity index (χ1) is 17.1. The van der Waals surface area contributed by atoms with Crippen molar-refractivity contribution in [1.82, 2.24) is 0 Å². The predicted octanol–water partition coefficient (Wildman–Crippen LogP) is 6.41. The summed E-state index contributed by atoms with van der Waals surface area (Å²) in [6.07, 6.45) is 6.07. The highest BCUT2D eigenvalue weighted by molar-refractivity contribution is 5.85. The van der Waals surface area contributed by atoms with E-state index in [2.05, 4.69) is 6.58 Å². The summed E-state index contributed by atoms with van der Waals surface area (Å²) in [7, 11) is 0. The number of ether oxygens (including phenoxy) is 3. The van der Waals surface area contributed by atoms with E-state index in [-0.39, 0.29) is 19.3 Å². The van der Waals surface area contributed by atoms with E-state index in [0.29, 0.717) is 6.61 Å². The molecule has 5 rings (SSSR count). The number of benzene rings is 3. The van der Waals surface area contributed by atoms with Gasteiger partial charge in [0.25, 0.3) is 0 Å². The molecule has 0 amide bonds. The SMILES string of the molecule is C=C(c1ccc(Oc2ccc3ccc(OCCO)cc3c2)cc1)C1COC2(CCCCCC2)OO1. The average Bonchev–Trinajstić information content (AvgIpc) is 3.13. The summed E-state index contributed by atoms with van der Waals surface area (Å²) in [5.41, 5.74) is 1.77. The maximum atomic E-state index is 8.97. The lowest BCUT2D eigenvalue weighted by Crippen LogP contribution is -2.45. The smallest absolute Gasteiger partial charge is 0.201 e. The summed E-state index contributed by atoms with van der Waals surface area (Å²) in [5.74, 6) is 1.59. The van der Waals surface area contributed by atoms with Crippen molar-refractivity contribution >= 4 is 16.3 Å². The normalized spacial score (nSPS) is 19.9. The summed E-state index contributed by atoms with van der Waals surface area (Å²) in [6.45, 7) is 4.92. The lowest BCUT2D eigenvalue weighted by atomic mass is 10.0. The van der Waals surface area contributed by atoms with E-state index < -0.39 is 5.79 Å². The quantitative estimate of drug-likeness (QED) is 0.397. The summed E-state index contributed by atoms with van der Waals surface area (Å²) in [4.78, 5) is 11.5. The second kappa shape index (κ2) is 10.8. The molecule has 3 aromatic carbocycles. The molecule has 3 aromatic rings. The molecule has 1 spiro atoms. The Balaban J connectivity index is 1.21. The summed E-state index contributed by atoms with van der Waals surface area (Å²) >= 11 is 0. The first-order valence-corrected chi connectivity index (χ1v) is 12.4. The minimum Gasteiger partial charge on any atom is -0.491 e. The molecule has 2 aliphatic rings. The maximum Gasteiger partial charge on any atom is 0.201 e. The molecule has 6 nitrogen and oxygen atoms in total. The number of hydrogen-bond donors (Lipinski definition) is 1. The highest BCUT2D eigenvalue weighted by Gasteiger charge is 2.40. The minimum atomic E-state index is -0.587. The van der Waals surface area contributed by atoms with Gasteiger partial charge in [-0.05, 0) is 71.1 Å². The number of aliphatic hydroxyl groups is 1. The van der Waals surface area contributed by atoms with E-state index in [4.69, 9.17) is 29.1 Å². The summed E-state index contributed by atoms with van der Waals surface area (Å²) in [5, 5.41) is 11.1. The van der Waals surface area contributed by atoms with E-state index in [0.717, 1.165) is 64.8 Å². The third kappa shape index (κ3) is 5.68. The fourth-order valence-corrected chi connectivity index (χ4v) is 4.66. The highest BCUT2D eigenvalue weighted by Crippen LogP contribution is 2.37. The monoisotopic (exact) mass is 476 g/mol. The molecule has 1 atom stereocenters. The van der Waals surface area contributed by atoms with Crippen LogP contribution in [0.2, 0.25) is 0 Å². The van der Waals surface area contributed by atoms with Crippen molar-refractivity contribution in [3.8, 4) is 17.2 Å². The third-order valence-electron chi connectivity index (χ3n) is 6.67. The Morgan fingerprint density at radius 2 is 1.57 bits per heavy atom. The van der Waals surface area contributed by atoms with E-state index >= 15 is 0 Å². The molecule has 1 aliphatic carbocycles. The summed E-state index contributed by atoms with van der Waals surface area (Å²) < 4.78 is 17.8. The van der Waals surface area contributed by atoms with Crippen LogP contribution in [0.4, 0.5) is 0 Å². The Hall–Kier alpha value is -2.90. The largest absolute Gasteiger partial charge is 0.491 e. The Kier molecular flexibility index (Phi) is 7.35. The second-order valence-corrected chi connectivity index (χ2v) is 9.20. The zero-order valence-electron chi connectivity index (χ0n) is 19.9. The van der Waals surface area contributed by atoms with Gasteiger partial charge in [0.2, 0.25) is 5.79 Å². The number of hydrogen-bond acceptors (Lipinski definition) is 6. The third-order valence-corrected chi connectivity index (χ3v) is 6.67. The van der Waals surface area contributed by atoms with Crippen LogP contribution in [0.25, 0.3) is 16.3 Å². The zero-order valence-corrected chi connectivity index (χ0v) is 19.9. The lowest BCUT2D eigenvalue weighted by Gasteiger charge is -2.38. The van der Waals surface area contributed by atoms with Crippen molar-refractivity contribution in [2.24, 2.45) is 0 Å². The molecular formula is C29H32O6. The van der Waals surface area contributed by atoms with Crippen molar-refractivity contribution < 1.29 is 29.1 Å². The van der Waals surface area contributed by atoms with Crippen LogP contribution in [0.5, 0.6) is 17.2 Å². The van der Waals surface area contributed by atoms with Crippen LogP contribution in [-0.2, 0) is 14.5 Å². The first-order valence-electron chi connectivity index (χ1n) is 12.4. The van der Waals surface area contributed by atoms with Crippen LogP contribution in [0.1, 0.15) is 44.1 Å². The second-order valence-electron chi connectivity index (χ2n) is 9.20. The summed E-state index contributed by atoms with van der Waals surface area (Å²) in [6, 6.07) is 19.5. The van der Waals surface area contributed by atoms with E-state index in [1.54, 1.807) is 0 Å². The van der Waals surface area contributed by atoms with E-state index in [1.807, 2.05) is 60.7 Å². The fourth-order valence-electron chi connectivity index (χ4n) is 4.66. The van der Waals surface area contributed by atoms with E-state index in [9.17, 15) is 0 Å². The molecule has 1 saturated heterocycles. The molecule has 0 radical (unpaired) electrons. The van der Waals surface area contributed by atoms with E-state index in [1.165, 1.54) is 12.8 Å². The predicted molar refractivity (Wildman–Crippen MR) is 134 cm³/mol. The van der Waals surface area contributed by atoms with Crippen molar-refractivity contribution in [3.05, 3.63) is 72.8 Å². The molecule has 2 fully saturated rings. The number of aliphatic hydroxyl groups excluding tert-OH is 1. The van der Waals surface area contributed by atoms with Gasteiger partial charge in [0.05, 0.1) is 13.2 Å². The Morgan fingerprint density at radius 1 is 0.886 bits per heavy atom. The Labute approximate surface area is 206 Å². The Bertz CT molecular complexity index is 1140.